The van der Waals surface area contributed by atoms with E-state index in [-0.39, 0.29) is 16.8 Å². The third-order valence-electron chi connectivity index (χ3n) is 3.07. The molecule has 0 spiro atoms. The maximum atomic E-state index is 13.5. The van der Waals surface area contributed by atoms with Crippen LogP contribution in [-0.4, -0.2) is 18.0 Å². The first-order valence-electron chi connectivity index (χ1n) is 6.88. The third kappa shape index (κ3) is 4.14. The number of nitriles is 1. The van der Waals surface area contributed by atoms with Gasteiger partial charge in [0.2, 0.25) is 0 Å². The van der Waals surface area contributed by atoms with Crippen LogP contribution >= 0.6 is 0 Å². The molecule has 5 nitrogen and oxygen atoms in total. The molecule has 2 rings (SSSR count). The van der Waals surface area contributed by atoms with Gasteiger partial charge in [-0.3, -0.25) is 4.79 Å². The molecule has 24 heavy (non-hydrogen) atoms. The van der Waals surface area contributed by atoms with Crippen LogP contribution in [-0.2, 0) is 9.53 Å². The molecule has 1 N–H and O–H groups in total. The van der Waals surface area contributed by atoms with Crippen molar-refractivity contribution in [2.45, 2.75) is 13.0 Å². The lowest BCUT2D eigenvalue weighted by Gasteiger charge is -2.14. The Bertz CT molecular complexity index is 831. The van der Waals surface area contributed by atoms with Gasteiger partial charge in [0, 0.05) is 6.07 Å². The fourth-order valence-electron chi connectivity index (χ4n) is 1.82. The van der Waals surface area contributed by atoms with Crippen molar-refractivity contribution in [3.63, 3.8) is 0 Å². The standard InChI is InChI=1S/C17H12F2N2O3/c1-10(16(22)21-15-6-5-13(18)8-14(15)19)24-17(23)12-4-2-3-11(7-12)9-20/h2-8,10H,1H3,(H,21,22)/t10-/m1/s1. The fraction of sp³-hybridized carbons (Fsp3) is 0.118. The largest absolute Gasteiger partial charge is 0.449 e. The summed E-state index contributed by atoms with van der Waals surface area (Å²) in [5.41, 5.74) is 0.160. The van der Waals surface area contributed by atoms with E-state index in [1.165, 1.54) is 31.2 Å². The molecule has 0 bridgehead atoms. The van der Waals surface area contributed by atoms with Gasteiger partial charge in [-0.1, -0.05) is 6.07 Å². The van der Waals surface area contributed by atoms with Crippen LogP contribution in [0.3, 0.4) is 0 Å². The van der Waals surface area contributed by atoms with Crippen molar-refractivity contribution in [3.05, 3.63) is 65.2 Å². The number of anilines is 1. The summed E-state index contributed by atoms with van der Waals surface area (Å²) in [6.07, 6.45) is -1.22. The van der Waals surface area contributed by atoms with E-state index in [1.807, 2.05) is 6.07 Å². The Morgan fingerprint density at radius 3 is 2.62 bits per heavy atom. The predicted octanol–water partition coefficient (Wildman–Crippen LogP) is 3.02. The molecule has 7 heteroatoms. The Labute approximate surface area is 136 Å². The number of hydrogen-bond acceptors (Lipinski definition) is 4. The lowest BCUT2D eigenvalue weighted by Crippen LogP contribution is -2.30. The highest BCUT2D eigenvalue weighted by Crippen LogP contribution is 2.16. The summed E-state index contributed by atoms with van der Waals surface area (Å²) >= 11 is 0. The molecule has 0 saturated heterocycles. The number of amides is 1. The Balaban J connectivity index is 2.03. The summed E-state index contributed by atoms with van der Waals surface area (Å²) in [7, 11) is 0. The SMILES string of the molecule is C[C@@H](OC(=O)c1cccc(C#N)c1)C(=O)Nc1ccc(F)cc1F. The maximum absolute atomic E-state index is 13.5. The quantitative estimate of drug-likeness (QED) is 0.874. The van der Waals surface area contributed by atoms with E-state index in [9.17, 15) is 18.4 Å². The summed E-state index contributed by atoms with van der Waals surface area (Å²) in [6, 6.07) is 10.3. The van der Waals surface area contributed by atoms with Gasteiger partial charge in [0.25, 0.3) is 5.91 Å². The highest BCUT2D eigenvalue weighted by atomic mass is 19.1. The molecule has 0 unspecified atom stereocenters. The van der Waals surface area contributed by atoms with Gasteiger partial charge in [0.1, 0.15) is 11.6 Å². The zero-order valence-corrected chi connectivity index (χ0v) is 12.5. The highest BCUT2D eigenvalue weighted by Gasteiger charge is 2.20. The van der Waals surface area contributed by atoms with Crippen LogP contribution in [0.4, 0.5) is 14.5 Å². The molecule has 0 saturated carbocycles. The average Bonchev–Trinajstić information content (AvgIpc) is 2.57. The number of benzene rings is 2. The smallest absolute Gasteiger partial charge is 0.338 e. The molecule has 0 aromatic heterocycles. The Morgan fingerprint density at radius 2 is 1.96 bits per heavy atom. The van der Waals surface area contributed by atoms with E-state index in [4.69, 9.17) is 10.00 Å². The number of carbonyl (C=O) groups excluding carboxylic acids is 2. The van der Waals surface area contributed by atoms with Crippen molar-refractivity contribution in [2.24, 2.45) is 0 Å². The summed E-state index contributed by atoms with van der Waals surface area (Å²) in [5.74, 6) is -3.29. The Morgan fingerprint density at radius 1 is 1.21 bits per heavy atom. The van der Waals surface area contributed by atoms with Gasteiger partial charge in [-0.2, -0.15) is 5.26 Å². The second-order valence-corrected chi connectivity index (χ2v) is 4.85. The molecule has 0 aliphatic rings. The van der Waals surface area contributed by atoms with E-state index in [2.05, 4.69) is 5.32 Å². The van der Waals surface area contributed by atoms with Crippen molar-refractivity contribution < 1.29 is 23.1 Å². The van der Waals surface area contributed by atoms with Crippen LogP contribution < -0.4 is 5.32 Å². The molecular formula is C17H12F2N2O3. The van der Waals surface area contributed by atoms with E-state index in [0.717, 1.165) is 12.1 Å². The number of rotatable bonds is 4. The molecule has 0 heterocycles. The van der Waals surface area contributed by atoms with Crippen LogP contribution in [0.5, 0.6) is 0 Å². The molecule has 122 valence electrons. The Kier molecular flexibility index (Phi) is 5.22. The zero-order valence-electron chi connectivity index (χ0n) is 12.5. The first-order chi connectivity index (χ1) is 11.4. The minimum absolute atomic E-state index is 0.113. The molecule has 0 radical (unpaired) electrons. The van der Waals surface area contributed by atoms with Crippen LogP contribution in [0.1, 0.15) is 22.8 Å². The second kappa shape index (κ2) is 7.33. The number of ether oxygens (including phenoxy) is 1. The highest BCUT2D eigenvalue weighted by molar-refractivity contribution is 5.97. The number of esters is 1. The molecule has 2 aromatic rings. The summed E-state index contributed by atoms with van der Waals surface area (Å²) in [5, 5.41) is 11.0. The molecule has 0 aliphatic carbocycles. The predicted molar refractivity (Wildman–Crippen MR) is 81.0 cm³/mol. The fourth-order valence-corrected chi connectivity index (χ4v) is 1.82. The monoisotopic (exact) mass is 330 g/mol. The number of hydrogen-bond donors (Lipinski definition) is 1. The topological polar surface area (TPSA) is 79.2 Å². The van der Waals surface area contributed by atoms with E-state index >= 15 is 0 Å². The van der Waals surface area contributed by atoms with E-state index < -0.39 is 29.6 Å². The molecule has 0 aliphatic heterocycles. The Hall–Kier alpha value is -3.27. The zero-order chi connectivity index (χ0) is 17.7. The van der Waals surface area contributed by atoms with Gasteiger partial charge in [0.05, 0.1) is 22.9 Å². The molecular weight excluding hydrogens is 318 g/mol. The second-order valence-electron chi connectivity index (χ2n) is 4.85. The van der Waals surface area contributed by atoms with Crippen molar-refractivity contribution in [1.82, 2.24) is 0 Å². The van der Waals surface area contributed by atoms with Crippen LogP contribution in [0.2, 0.25) is 0 Å². The van der Waals surface area contributed by atoms with Gasteiger partial charge in [-0.05, 0) is 37.3 Å². The molecule has 0 fully saturated rings. The number of nitrogens with zero attached hydrogens (tertiary/aromatic N) is 1. The van der Waals surface area contributed by atoms with Gasteiger partial charge in [-0.25, -0.2) is 13.6 Å². The first-order valence-corrected chi connectivity index (χ1v) is 6.88. The number of carbonyl (C=O) groups is 2. The van der Waals surface area contributed by atoms with Crippen molar-refractivity contribution in [2.75, 3.05) is 5.32 Å². The number of halogens is 2. The molecule has 1 atom stereocenters. The normalized spacial score (nSPS) is 11.2. The van der Waals surface area contributed by atoms with Gasteiger partial charge < -0.3 is 10.1 Å². The maximum Gasteiger partial charge on any atom is 0.338 e. The van der Waals surface area contributed by atoms with Crippen LogP contribution in [0.15, 0.2) is 42.5 Å². The third-order valence-corrected chi connectivity index (χ3v) is 3.07. The van der Waals surface area contributed by atoms with Gasteiger partial charge in [-0.15, -0.1) is 0 Å². The lowest BCUT2D eigenvalue weighted by molar-refractivity contribution is -0.123. The minimum atomic E-state index is -1.22. The lowest BCUT2D eigenvalue weighted by atomic mass is 10.1. The van der Waals surface area contributed by atoms with Crippen LogP contribution in [0.25, 0.3) is 0 Å². The minimum Gasteiger partial charge on any atom is -0.449 e. The van der Waals surface area contributed by atoms with Gasteiger partial charge in [0.15, 0.2) is 6.10 Å². The van der Waals surface area contributed by atoms with Crippen molar-refractivity contribution in [3.8, 4) is 6.07 Å². The molecule has 1 amide bonds. The number of nitrogens with one attached hydrogen (secondary N) is 1. The van der Waals surface area contributed by atoms with Crippen LogP contribution in [0, 0.1) is 23.0 Å². The van der Waals surface area contributed by atoms with E-state index in [0.29, 0.717) is 6.07 Å². The van der Waals surface area contributed by atoms with Crippen molar-refractivity contribution >= 4 is 17.6 Å². The first kappa shape index (κ1) is 17.1. The average molecular weight is 330 g/mol. The molecule has 2 aromatic carbocycles. The summed E-state index contributed by atoms with van der Waals surface area (Å²) in [6.45, 7) is 1.31. The summed E-state index contributed by atoms with van der Waals surface area (Å²) in [4.78, 5) is 23.9. The van der Waals surface area contributed by atoms with Gasteiger partial charge >= 0.3 is 5.97 Å². The van der Waals surface area contributed by atoms with Crippen molar-refractivity contribution in [1.29, 1.82) is 5.26 Å². The van der Waals surface area contributed by atoms with E-state index in [1.54, 1.807) is 0 Å². The summed E-state index contributed by atoms with van der Waals surface area (Å²) < 4.78 is 31.3.